The molecule has 77 heavy (non-hydrogen) atoms. The van der Waals surface area contributed by atoms with Crippen LogP contribution in [0.15, 0.2) is 170 Å². The van der Waals surface area contributed by atoms with Crippen LogP contribution in [-0.4, -0.2) is 22.3 Å². The number of unbranched alkanes of at least 4 members (excludes halogenated alkanes) is 10. The second kappa shape index (κ2) is 23.8. The molecule has 8 aromatic carbocycles. The van der Waals surface area contributed by atoms with Crippen molar-refractivity contribution >= 4 is 67.9 Å². The van der Waals surface area contributed by atoms with E-state index in [1.165, 1.54) is 152 Å². The van der Waals surface area contributed by atoms with Crippen LogP contribution in [0.2, 0.25) is 0 Å². The Morgan fingerprint density at radius 2 is 0.714 bits per heavy atom. The number of para-hydroxylation sites is 2. The number of aryl methyl sites for hydroxylation is 2. The van der Waals surface area contributed by atoms with Gasteiger partial charge in [0.1, 0.15) is 11.5 Å². The van der Waals surface area contributed by atoms with Gasteiger partial charge in [0.15, 0.2) is 0 Å². The summed E-state index contributed by atoms with van der Waals surface area (Å²) in [5.74, 6) is 1.83. The van der Waals surface area contributed by atoms with Gasteiger partial charge in [-0.3, -0.25) is 0 Å². The number of aromatic nitrogens is 2. The maximum atomic E-state index is 6.46. The third-order valence-electron chi connectivity index (χ3n) is 16.5. The highest BCUT2D eigenvalue weighted by Gasteiger charge is 2.46. The first-order valence-electron chi connectivity index (χ1n) is 29.2. The van der Waals surface area contributed by atoms with Gasteiger partial charge in [-0.15, -0.1) is 0 Å². The van der Waals surface area contributed by atoms with Crippen LogP contribution in [0.1, 0.15) is 149 Å². The molecule has 0 amide bonds. The highest BCUT2D eigenvalue weighted by Crippen LogP contribution is 2.57. The minimum Gasteiger partial charge on any atom is -0.494 e. The first-order valence-corrected chi connectivity index (χ1v) is 29.2. The Morgan fingerprint density at radius 3 is 1.13 bits per heavy atom. The number of hydrogen-bond donors (Lipinski definition) is 0. The Bertz CT molecular complexity index is 3450. The molecule has 4 nitrogen and oxygen atoms in total. The molecule has 4 heteroatoms. The zero-order valence-corrected chi connectivity index (χ0v) is 46.0. The van der Waals surface area contributed by atoms with Gasteiger partial charge < -0.3 is 18.6 Å². The molecule has 11 rings (SSSR count). The van der Waals surface area contributed by atoms with Crippen molar-refractivity contribution in [2.45, 2.75) is 123 Å². The Morgan fingerprint density at radius 1 is 0.351 bits per heavy atom. The van der Waals surface area contributed by atoms with Gasteiger partial charge in [0.25, 0.3) is 0 Å². The lowest BCUT2D eigenvalue weighted by molar-refractivity contribution is 0.304. The number of benzene rings is 8. The van der Waals surface area contributed by atoms with E-state index in [1.807, 2.05) is 0 Å². The minimum atomic E-state index is -0.643. The normalized spacial score (nSPS) is 13.0. The largest absolute Gasteiger partial charge is 0.494 e. The minimum absolute atomic E-state index is 0.643. The zero-order valence-electron chi connectivity index (χ0n) is 46.0. The van der Waals surface area contributed by atoms with Gasteiger partial charge >= 0.3 is 0 Å². The molecule has 1 aliphatic rings. The van der Waals surface area contributed by atoms with Crippen LogP contribution in [0.5, 0.6) is 11.5 Å². The molecule has 0 fully saturated rings. The van der Waals surface area contributed by atoms with E-state index < -0.39 is 5.41 Å². The average molecular weight is 1010 g/mol. The SMILES string of the molecule is CCCCCCCCOc1ccc(C2(c3ccc(OCCCCCCCC)cc3)c3cc(C=Cc4ccc5c(c4)c4ccccc4n5CC)ccc3-c3ccc(C=Cc4ccc5c(c4)c4ccccc4n5CC)cc32)cc1. The molecule has 390 valence electrons. The first kappa shape index (κ1) is 51.5. The lowest BCUT2D eigenvalue weighted by Crippen LogP contribution is -2.28. The van der Waals surface area contributed by atoms with Crippen molar-refractivity contribution in [3.63, 3.8) is 0 Å². The first-order chi connectivity index (χ1) is 38.0. The number of hydrogen-bond acceptors (Lipinski definition) is 2. The third kappa shape index (κ3) is 10.4. The summed E-state index contributed by atoms with van der Waals surface area (Å²) in [4.78, 5) is 0. The molecular formula is C73H76N2O2. The summed E-state index contributed by atoms with van der Waals surface area (Å²) in [6.45, 7) is 12.3. The number of fused-ring (bicyclic) bond motifs is 9. The van der Waals surface area contributed by atoms with Crippen molar-refractivity contribution in [2.75, 3.05) is 13.2 Å². The molecular weight excluding hydrogens is 937 g/mol. The molecule has 10 aromatic rings. The molecule has 0 saturated carbocycles. The van der Waals surface area contributed by atoms with Gasteiger partial charge in [-0.2, -0.15) is 0 Å². The average Bonchev–Trinajstić information content (AvgIpc) is 4.30. The molecule has 0 aliphatic heterocycles. The predicted octanol–water partition coefficient (Wildman–Crippen LogP) is 20.1. The van der Waals surface area contributed by atoms with Crippen molar-refractivity contribution in [3.8, 4) is 22.6 Å². The maximum Gasteiger partial charge on any atom is 0.119 e. The summed E-state index contributed by atoms with van der Waals surface area (Å²) in [5, 5.41) is 5.18. The standard InChI is InChI=1S/C73H76N2O2/c1-5-9-11-13-15-21-47-76-59-39-35-57(36-40-59)73(58-37-41-60(42-38-58)77-48-22-16-14-12-10-6-2)67-51-55(29-27-53-33-45-71-65(49-53)63-23-17-19-25-69(63)74(71)7-3)31-43-61(67)62-44-32-56(52-68(62)73)30-28-54-34-46-72-66(50-54)64-24-18-20-26-70(64)75(72)8-4/h17-20,23-46,49-52H,5-16,21-22,47-48H2,1-4H3. The van der Waals surface area contributed by atoms with Crippen LogP contribution in [-0.2, 0) is 18.5 Å². The molecule has 1 aliphatic carbocycles. The van der Waals surface area contributed by atoms with Crippen molar-refractivity contribution in [3.05, 3.63) is 214 Å². The Kier molecular flexibility index (Phi) is 15.9. The van der Waals surface area contributed by atoms with Gasteiger partial charge in [0.2, 0.25) is 0 Å². The fourth-order valence-electron chi connectivity index (χ4n) is 12.5. The van der Waals surface area contributed by atoms with Crippen LogP contribution in [0.3, 0.4) is 0 Å². The van der Waals surface area contributed by atoms with Crippen molar-refractivity contribution in [1.82, 2.24) is 9.13 Å². The number of rotatable bonds is 24. The topological polar surface area (TPSA) is 28.3 Å². The summed E-state index contributed by atoms with van der Waals surface area (Å²) in [6, 6.07) is 63.8. The second-order valence-corrected chi connectivity index (χ2v) is 21.4. The Labute approximate surface area is 457 Å². The van der Waals surface area contributed by atoms with E-state index in [0.29, 0.717) is 0 Å². The molecule has 0 atom stereocenters. The van der Waals surface area contributed by atoms with E-state index in [0.717, 1.165) is 61.8 Å². The smallest absolute Gasteiger partial charge is 0.119 e. The molecule has 2 heterocycles. The van der Waals surface area contributed by atoms with Crippen LogP contribution >= 0.6 is 0 Å². The summed E-state index contributed by atoms with van der Waals surface area (Å²) < 4.78 is 17.8. The van der Waals surface area contributed by atoms with Gasteiger partial charge in [0, 0.05) is 56.7 Å². The monoisotopic (exact) mass is 1010 g/mol. The third-order valence-corrected chi connectivity index (χ3v) is 16.5. The van der Waals surface area contributed by atoms with Gasteiger partial charge in [-0.25, -0.2) is 0 Å². The molecule has 0 radical (unpaired) electrons. The van der Waals surface area contributed by atoms with Crippen LogP contribution in [0.4, 0.5) is 0 Å². The highest BCUT2D eigenvalue weighted by atomic mass is 16.5. The zero-order chi connectivity index (χ0) is 52.6. The molecule has 0 spiro atoms. The maximum absolute atomic E-state index is 6.46. The Balaban J connectivity index is 1.000. The second-order valence-electron chi connectivity index (χ2n) is 21.4. The van der Waals surface area contributed by atoms with Crippen molar-refractivity contribution in [2.24, 2.45) is 0 Å². The quantitative estimate of drug-likeness (QED) is 0.0446. The summed E-state index contributed by atoms with van der Waals surface area (Å²) in [5.41, 5.74) is 16.7. The number of nitrogens with zero attached hydrogens (tertiary/aromatic N) is 2. The van der Waals surface area contributed by atoms with Gasteiger partial charge in [0.05, 0.1) is 18.6 Å². The molecule has 0 saturated heterocycles. The molecule has 0 unspecified atom stereocenters. The molecule has 2 aromatic heterocycles. The highest BCUT2D eigenvalue weighted by molar-refractivity contribution is 6.10. The van der Waals surface area contributed by atoms with Crippen molar-refractivity contribution < 1.29 is 9.47 Å². The van der Waals surface area contributed by atoms with E-state index in [2.05, 4.69) is 231 Å². The fourth-order valence-corrected chi connectivity index (χ4v) is 12.5. The van der Waals surface area contributed by atoms with Crippen LogP contribution in [0, 0.1) is 0 Å². The predicted molar refractivity (Wildman–Crippen MR) is 330 cm³/mol. The van der Waals surface area contributed by atoms with E-state index in [-0.39, 0.29) is 0 Å². The van der Waals surface area contributed by atoms with Crippen molar-refractivity contribution in [1.29, 1.82) is 0 Å². The fraction of sp³-hybridized carbons (Fsp3) is 0.288. The van der Waals surface area contributed by atoms with Gasteiger partial charge in [-0.05, 0) is 155 Å². The lowest BCUT2D eigenvalue weighted by Gasteiger charge is -2.34. The molecule has 0 N–H and O–H groups in total. The van der Waals surface area contributed by atoms with E-state index in [9.17, 15) is 0 Å². The Hall–Kier alpha value is -7.56. The summed E-state index contributed by atoms with van der Waals surface area (Å²) >= 11 is 0. The van der Waals surface area contributed by atoms with E-state index >= 15 is 0 Å². The summed E-state index contributed by atoms with van der Waals surface area (Å²) in [6.07, 6.45) is 24.0. The van der Waals surface area contributed by atoms with Crippen LogP contribution in [0.25, 0.3) is 79.0 Å². The van der Waals surface area contributed by atoms with E-state index in [4.69, 9.17) is 9.47 Å². The van der Waals surface area contributed by atoms with E-state index in [1.54, 1.807) is 0 Å². The lowest BCUT2D eigenvalue weighted by atomic mass is 9.67. The summed E-state index contributed by atoms with van der Waals surface area (Å²) in [7, 11) is 0. The molecule has 0 bridgehead atoms. The van der Waals surface area contributed by atoms with Gasteiger partial charge in [-0.1, -0.05) is 199 Å². The number of ether oxygens (including phenoxy) is 2. The van der Waals surface area contributed by atoms with Crippen LogP contribution < -0.4 is 9.47 Å².